The van der Waals surface area contributed by atoms with E-state index in [4.69, 9.17) is 11.6 Å². The molecule has 5 rings (SSSR count). The number of piperidine rings is 1. The Balaban J connectivity index is 1.40. The standard InChI is InChI=1S/C28H35ClN6O4S/c1-34-11-9-18(10-12-34)15-30-24(36)19-7-8-20-21(14-19)32-28(39)35(26(20)38)22(13-17-5-3-2-4-6-17)25(37)33-27-31-16-23(29)40-27/h7-8,14,16-18,22H,2-6,9-13,15H2,1H3,(H,30,36)(H,32,39)(H,31,33,37). The highest BCUT2D eigenvalue weighted by atomic mass is 35.5. The largest absolute Gasteiger partial charge is 0.352 e. The van der Waals surface area contributed by atoms with Crippen LogP contribution in [0.15, 0.2) is 34.0 Å². The molecule has 1 saturated heterocycles. The van der Waals surface area contributed by atoms with E-state index < -0.39 is 23.2 Å². The lowest BCUT2D eigenvalue weighted by Crippen LogP contribution is -2.43. The fourth-order valence-electron chi connectivity index (χ4n) is 5.83. The summed E-state index contributed by atoms with van der Waals surface area (Å²) in [6.45, 7) is 2.62. The van der Waals surface area contributed by atoms with Gasteiger partial charge < -0.3 is 20.5 Å². The molecule has 214 valence electrons. The quantitative estimate of drug-likeness (QED) is 0.366. The molecule has 2 fully saturated rings. The van der Waals surface area contributed by atoms with Gasteiger partial charge in [0.05, 0.1) is 17.1 Å². The van der Waals surface area contributed by atoms with Crippen molar-refractivity contribution < 1.29 is 9.59 Å². The number of thiazole rings is 1. The van der Waals surface area contributed by atoms with Crippen LogP contribution in [0.25, 0.3) is 10.9 Å². The minimum atomic E-state index is -1.01. The summed E-state index contributed by atoms with van der Waals surface area (Å²) in [6.07, 6.45) is 9.05. The molecule has 1 atom stereocenters. The van der Waals surface area contributed by atoms with Crippen LogP contribution in [0.5, 0.6) is 0 Å². The van der Waals surface area contributed by atoms with Gasteiger partial charge in [-0.2, -0.15) is 0 Å². The van der Waals surface area contributed by atoms with Crippen molar-refractivity contribution in [3.05, 3.63) is 55.1 Å². The third kappa shape index (κ3) is 6.64. The summed E-state index contributed by atoms with van der Waals surface area (Å²) in [4.78, 5) is 62.4. The van der Waals surface area contributed by atoms with Gasteiger partial charge in [-0.05, 0) is 69.4 Å². The zero-order valence-electron chi connectivity index (χ0n) is 22.6. The van der Waals surface area contributed by atoms with E-state index in [1.807, 2.05) is 0 Å². The normalized spacial score (nSPS) is 18.1. The van der Waals surface area contributed by atoms with Gasteiger partial charge in [0.15, 0.2) is 5.13 Å². The fourth-order valence-corrected chi connectivity index (χ4v) is 6.65. The third-order valence-electron chi connectivity index (χ3n) is 8.18. The van der Waals surface area contributed by atoms with Crippen LogP contribution in [0.1, 0.15) is 67.8 Å². The van der Waals surface area contributed by atoms with Gasteiger partial charge in [-0.1, -0.05) is 55.0 Å². The van der Waals surface area contributed by atoms with Gasteiger partial charge in [-0.3, -0.25) is 14.4 Å². The molecule has 1 aromatic carbocycles. The molecule has 0 radical (unpaired) electrons. The topological polar surface area (TPSA) is 129 Å². The van der Waals surface area contributed by atoms with Crippen molar-refractivity contribution in [3.8, 4) is 0 Å². The molecule has 2 aromatic heterocycles. The summed E-state index contributed by atoms with van der Waals surface area (Å²) in [5.41, 5.74) is -0.619. The van der Waals surface area contributed by atoms with Crippen LogP contribution in [-0.4, -0.2) is 57.9 Å². The van der Waals surface area contributed by atoms with Crippen LogP contribution in [-0.2, 0) is 4.79 Å². The highest BCUT2D eigenvalue weighted by Gasteiger charge is 2.30. The number of nitrogens with one attached hydrogen (secondary N) is 3. The molecule has 1 aliphatic heterocycles. The number of H-pyrrole nitrogens is 1. The van der Waals surface area contributed by atoms with Gasteiger partial charge in [-0.15, -0.1) is 0 Å². The molecule has 10 nitrogen and oxygen atoms in total. The summed E-state index contributed by atoms with van der Waals surface area (Å²) < 4.78 is 1.44. The number of benzene rings is 1. The number of halogens is 1. The second-order valence-corrected chi connectivity index (χ2v) is 12.7. The van der Waals surface area contributed by atoms with Crippen LogP contribution in [0.3, 0.4) is 0 Å². The SMILES string of the molecule is CN1CCC(CNC(=O)c2ccc3c(=O)n(C(CC4CCCCC4)C(=O)Nc4ncc(Cl)s4)c(=O)[nH]c3c2)CC1. The van der Waals surface area contributed by atoms with E-state index in [0.29, 0.717) is 33.9 Å². The molecule has 3 N–H and O–H groups in total. The molecule has 12 heteroatoms. The number of anilines is 1. The maximum absolute atomic E-state index is 13.7. The van der Waals surface area contributed by atoms with Crippen molar-refractivity contribution >= 4 is 50.8 Å². The number of amides is 2. The minimum Gasteiger partial charge on any atom is -0.352 e. The lowest BCUT2D eigenvalue weighted by Gasteiger charge is -2.28. The Morgan fingerprint density at radius 3 is 2.58 bits per heavy atom. The number of aromatic nitrogens is 3. The van der Waals surface area contributed by atoms with Gasteiger partial charge in [0.2, 0.25) is 5.91 Å². The number of nitrogens with zero attached hydrogens (tertiary/aromatic N) is 3. The Bertz CT molecular complexity index is 1490. The monoisotopic (exact) mass is 586 g/mol. The first-order valence-electron chi connectivity index (χ1n) is 14.0. The highest BCUT2D eigenvalue weighted by molar-refractivity contribution is 7.19. The summed E-state index contributed by atoms with van der Waals surface area (Å²) in [5.74, 6) is -0.0711. The van der Waals surface area contributed by atoms with E-state index in [0.717, 1.165) is 73.9 Å². The van der Waals surface area contributed by atoms with E-state index >= 15 is 0 Å². The second kappa shape index (κ2) is 12.7. The van der Waals surface area contributed by atoms with Crippen molar-refractivity contribution in [2.24, 2.45) is 11.8 Å². The molecule has 3 aromatic rings. The number of carbonyl (C=O) groups is 2. The van der Waals surface area contributed by atoms with Crippen molar-refractivity contribution in [3.63, 3.8) is 0 Å². The Labute approximate surface area is 241 Å². The van der Waals surface area contributed by atoms with Crippen LogP contribution in [0.4, 0.5) is 5.13 Å². The molecule has 2 aliphatic rings. The minimum absolute atomic E-state index is 0.224. The van der Waals surface area contributed by atoms with E-state index in [1.165, 1.54) is 12.3 Å². The zero-order valence-corrected chi connectivity index (χ0v) is 24.2. The van der Waals surface area contributed by atoms with Gasteiger partial charge >= 0.3 is 5.69 Å². The van der Waals surface area contributed by atoms with E-state index in [-0.39, 0.29) is 22.7 Å². The number of carbonyl (C=O) groups excluding carboxylic acids is 2. The van der Waals surface area contributed by atoms with Crippen molar-refractivity contribution in [1.29, 1.82) is 0 Å². The van der Waals surface area contributed by atoms with Crippen molar-refractivity contribution in [2.45, 2.75) is 57.4 Å². The predicted octanol–water partition coefficient (Wildman–Crippen LogP) is 4.02. The van der Waals surface area contributed by atoms with Crippen LogP contribution < -0.4 is 21.9 Å². The molecule has 1 aliphatic carbocycles. The number of likely N-dealkylation sites (tertiary alicyclic amines) is 1. The average Bonchev–Trinajstić information content (AvgIpc) is 3.36. The molecule has 0 spiro atoms. The Morgan fingerprint density at radius 1 is 1.12 bits per heavy atom. The van der Waals surface area contributed by atoms with Crippen LogP contribution in [0, 0.1) is 11.8 Å². The molecular weight excluding hydrogens is 552 g/mol. The molecule has 0 bridgehead atoms. The highest BCUT2D eigenvalue weighted by Crippen LogP contribution is 2.31. The first kappa shape index (κ1) is 28.5. The van der Waals surface area contributed by atoms with Crippen molar-refractivity contribution in [1.82, 2.24) is 24.8 Å². The van der Waals surface area contributed by atoms with E-state index in [9.17, 15) is 19.2 Å². The van der Waals surface area contributed by atoms with Gasteiger partial charge in [0.25, 0.3) is 11.5 Å². The van der Waals surface area contributed by atoms with Gasteiger partial charge in [0, 0.05) is 12.1 Å². The van der Waals surface area contributed by atoms with E-state index in [1.54, 1.807) is 12.1 Å². The summed E-state index contributed by atoms with van der Waals surface area (Å²) >= 11 is 7.09. The number of hydrogen-bond donors (Lipinski definition) is 3. The van der Waals surface area contributed by atoms with Crippen molar-refractivity contribution in [2.75, 3.05) is 32.0 Å². The summed E-state index contributed by atoms with van der Waals surface area (Å²) in [5, 5.41) is 6.28. The van der Waals surface area contributed by atoms with E-state index in [2.05, 4.69) is 32.5 Å². The molecule has 1 saturated carbocycles. The second-order valence-electron chi connectivity index (χ2n) is 11.0. The molecular formula is C28H35ClN6O4S. The number of hydrogen-bond acceptors (Lipinski definition) is 7. The first-order valence-corrected chi connectivity index (χ1v) is 15.2. The lowest BCUT2D eigenvalue weighted by atomic mass is 9.84. The van der Waals surface area contributed by atoms with Crippen LogP contribution in [0.2, 0.25) is 4.34 Å². The van der Waals surface area contributed by atoms with Crippen LogP contribution >= 0.6 is 22.9 Å². The average molecular weight is 587 g/mol. The molecule has 1 unspecified atom stereocenters. The van der Waals surface area contributed by atoms with Gasteiger partial charge in [-0.25, -0.2) is 14.3 Å². The fraction of sp³-hybridized carbons (Fsp3) is 0.536. The first-order chi connectivity index (χ1) is 19.3. The maximum Gasteiger partial charge on any atom is 0.329 e. The number of aromatic amines is 1. The lowest BCUT2D eigenvalue weighted by molar-refractivity contribution is -0.120. The zero-order chi connectivity index (χ0) is 28.2. The Morgan fingerprint density at radius 2 is 1.88 bits per heavy atom. The smallest absolute Gasteiger partial charge is 0.329 e. The molecule has 2 amide bonds. The number of fused-ring (bicyclic) bond motifs is 1. The number of rotatable bonds is 8. The van der Waals surface area contributed by atoms with Gasteiger partial charge in [0.1, 0.15) is 10.4 Å². The third-order valence-corrected chi connectivity index (χ3v) is 9.21. The molecule has 3 heterocycles. The maximum atomic E-state index is 13.7. The summed E-state index contributed by atoms with van der Waals surface area (Å²) in [6, 6.07) is 3.65. The summed E-state index contributed by atoms with van der Waals surface area (Å²) in [7, 11) is 2.10. The predicted molar refractivity (Wildman–Crippen MR) is 157 cm³/mol. The molecule has 40 heavy (non-hydrogen) atoms. The Hall–Kier alpha value is -3.02. The Kier molecular flexibility index (Phi) is 9.02.